The van der Waals surface area contributed by atoms with Gasteiger partial charge in [-0.25, -0.2) is 4.79 Å². The van der Waals surface area contributed by atoms with E-state index in [1.807, 2.05) is 0 Å². The molecule has 0 aliphatic rings. The molecule has 1 aromatic heterocycles. The highest BCUT2D eigenvalue weighted by atomic mass is 79.9. The summed E-state index contributed by atoms with van der Waals surface area (Å²) >= 11 is 3.24. The van der Waals surface area contributed by atoms with Crippen LogP contribution in [0, 0.1) is 0 Å². The molecule has 13 heavy (non-hydrogen) atoms. The molecule has 0 N–H and O–H groups in total. The van der Waals surface area contributed by atoms with Gasteiger partial charge in [-0.2, -0.15) is 0 Å². The third kappa shape index (κ3) is 2.66. The zero-order valence-corrected chi connectivity index (χ0v) is 8.45. The minimum atomic E-state index is -0.477. The number of ether oxygens (including phenoxy) is 1. The molecule has 68 valence electrons. The third-order valence-electron chi connectivity index (χ3n) is 1.35. The van der Waals surface area contributed by atoms with Crippen molar-refractivity contribution in [3.63, 3.8) is 0 Å². The molecule has 0 saturated heterocycles. The van der Waals surface area contributed by atoms with Crippen LogP contribution in [0.3, 0.4) is 0 Å². The number of halogens is 1. The summed E-state index contributed by atoms with van der Waals surface area (Å²) in [4.78, 5) is 14.9. The molecule has 1 rings (SSSR count). The summed E-state index contributed by atoms with van der Waals surface area (Å²) in [5.41, 5.74) is 0.692. The average molecular weight is 242 g/mol. The monoisotopic (exact) mass is 241 g/mol. The minimum absolute atomic E-state index is 0.462. The highest BCUT2D eigenvalue weighted by Gasteiger charge is 2.05. The second-order valence-electron chi connectivity index (χ2n) is 2.21. The van der Waals surface area contributed by atoms with E-state index in [4.69, 9.17) is 4.74 Å². The van der Waals surface area contributed by atoms with Gasteiger partial charge in [0.2, 0.25) is 0 Å². The standard InChI is InChI=1S/C9H8BrNO2/c1-2-9(12)13-8-4-3-5-11-7(8)6-10/h2-5H,1,6H2. The van der Waals surface area contributed by atoms with Gasteiger partial charge >= 0.3 is 5.97 Å². The molecule has 0 radical (unpaired) electrons. The van der Waals surface area contributed by atoms with Crippen LogP contribution >= 0.6 is 15.9 Å². The Morgan fingerprint density at radius 1 is 1.77 bits per heavy atom. The van der Waals surface area contributed by atoms with E-state index in [2.05, 4.69) is 27.5 Å². The third-order valence-corrected chi connectivity index (χ3v) is 1.88. The summed E-state index contributed by atoms with van der Waals surface area (Å²) in [5, 5.41) is 0.549. The Morgan fingerprint density at radius 2 is 2.54 bits per heavy atom. The maximum atomic E-state index is 10.9. The number of carbonyl (C=O) groups excluding carboxylic acids is 1. The van der Waals surface area contributed by atoms with Crippen LogP contribution in [-0.4, -0.2) is 11.0 Å². The van der Waals surface area contributed by atoms with E-state index < -0.39 is 5.97 Å². The van der Waals surface area contributed by atoms with Gasteiger partial charge in [0.15, 0.2) is 5.75 Å². The summed E-state index contributed by atoms with van der Waals surface area (Å²) < 4.78 is 4.94. The van der Waals surface area contributed by atoms with E-state index >= 15 is 0 Å². The van der Waals surface area contributed by atoms with Gasteiger partial charge in [-0.15, -0.1) is 0 Å². The molecule has 4 heteroatoms. The van der Waals surface area contributed by atoms with Crippen LogP contribution < -0.4 is 4.74 Å². The zero-order valence-electron chi connectivity index (χ0n) is 6.87. The fourth-order valence-electron chi connectivity index (χ4n) is 0.767. The van der Waals surface area contributed by atoms with Crippen LogP contribution in [0.4, 0.5) is 0 Å². The molecule has 0 bridgehead atoms. The number of pyridine rings is 1. The van der Waals surface area contributed by atoms with Crippen LogP contribution in [0.25, 0.3) is 0 Å². The van der Waals surface area contributed by atoms with Crippen molar-refractivity contribution in [1.29, 1.82) is 0 Å². The number of esters is 1. The van der Waals surface area contributed by atoms with Crippen molar-refractivity contribution in [2.75, 3.05) is 0 Å². The number of carbonyl (C=O) groups is 1. The van der Waals surface area contributed by atoms with Crippen molar-refractivity contribution in [2.24, 2.45) is 0 Å². The van der Waals surface area contributed by atoms with Gasteiger partial charge in [-0.3, -0.25) is 4.98 Å². The molecule has 1 aromatic rings. The van der Waals surface area contributed by atoms with E-state index in [1.54, 1.807) is 18.3 Å². The molecule has 0 aliphatic carbocycles. The van der Waals surface area contributed by atoms with Crippen LogP contribution in [-0.2, 0) is 10.1 Å². The topological polar surface area (TPSA) is 39.2 Å². The second kappa shape index (κ2) is 4.77. The first-order chi connectivity index (χ1) is 6.27. The lowest BCUT2D eigenvalue weighted by atomic mass is 10.3. The normalized spacial score (nSPS) is 9.31. The van der Waals surface area contributed by atoms with Gasteiger partial charge in [-0.1, -0.05) is 22.5 Å². The molecule has 0 unspecified atom stereocenters. The van der Waals surface area contributed by atoms with Crippen molar-refractivity contribution in [3.8, 4) is 5.75 Å². The van der Waals surface area contributed by atoms with Crippen LogP contribution in [0.2, 0.25) is 0 Å². The highest BCUT2D eigenvalue weighted by Crippen LogP contribution is 2.17. The van der Waals surface area contributed by atoms with Gasteiger partial charge in [0.05, 0.1) is 5.69 Å². The molecule has 0 atom stereocenters. The van der Waals surface area contributed by atoms with E-state index in [1.165, 1.54) is 0 Å². The molecular formula is C9H8BrNO2. The van der Waals surface area contributed by atoms with Gasteiger partial charge in [-0.05, 0) is 12.1 Å². The smallest absolute Gasteiger partial charge is 0.335 e. The van der Waals surface area contributed by atoms with Gasteiger partial charge in [0, 0.05) is 17.6 Å². The lowest BCUT2D eigenvalue weighted by Gasteiger charge is -2.04. The number of hydrogen-bond donors (Lipinski definition) is 0. The van der Waals surface area contributed by atoms with Gasteiger partial charge in [0.25, 0.3) is 0 Å². The molecule has 0 spiro atoms. The van der Waals surface area contributed by atoms with Gasteiger partial charge in [0.1, 0.15) is 0 Å². The molecular weight excluding hydrogens is 234 g/mol. The largest absolute Gasteiger partial charge is 0.421 e. The first-order valence-electron chi connectivity index (χ1n) is 3.62. The molecule has 3 nitrogen and oxygen atoms in total. The number of aromatic nitrogens is 1. The van der Waals surface area contributed by atoms with E-state index in [9.17, 15) is 4.79 Å². The van der Waals surface area contributed by atoms with Crippen LogP contribution in [0.1, 0.15) is 5.69 Å². The maximum Gasteiger partial charge on any atom is 0.335 e. The molecule has 0 aliphatic heterocycles. The molecule has 0 saturated carbocycles. The summed E-state index contributed by atoms with van der Waals surface area (Å²) in [5.74, 6) is -0.0144. The summed E-state index contributed by atoms with van der Waals surface area (Å²) in [6, 6.07) is 3.39. The Kier molecular flexibility index (Phi) is 3.64. The first kappa shape index (κ1) is 9.92. The molecule has 1 heterocycles. The van der Waals surface area contributed by atoms with Crippen molar-refractivity contribution < 1.29 is 9.53 Å². The Morgan fingerprint density at radius 3 is 3.15 bits per heavy atom. The molecule has 0 fully saturated rings. The Labute approximate surface area is 84.6 Å². The van der Waals surface area contributed by atoms with Crippen molar-refractivity contribution >= 4 is 21.9 Å². The SMILES string of the molecule is C=CC(=O)Oc1cccnc1CBr. The Hall–Kier alpha value is -1.16. The Bertz CT molecular complexity index is 325. The fraction of sp³-hybridized carbons (Fsp3) is 0.111. The lowest BCUT2D eigenvalue weighted by molar-refractivity contribution is -0.129. The summed E-state index contributed by atoms with van der Waals surface area (Å²) in [6.45, 7) is 3.31. The minimum Gasteiger partial charge on any atom is -0.421 e. The number of nitrogens with zero attached hydrogens (tertiary/aromatic N) is 1. The van der Waals surface area contributed by atoms with Crippen LogP contribution in [0.15, 0.2) is 31.0 Å². The zero-order chi connectivity index (χ0) is 9.68. The predicted octanol–water partition coefficient (Wildman–Crippen LogP) is 2.07. The lowest BCUT2D eigenvalue weighted by Crippen LogP contribution is -2.05. The molecule has 0 amide bonds. The number of hydrogen-bond acceptors (Lipinski definition) is 3. The number of rotatable bonds is 3. The molecule has 0 aromatic carbocycles. The Balaban J connectivity index is 2.86. The quantitative estimate of drug-likeness (QED) is 0.462. The van der Waals surface area contributed by atoms with Crippen LogP contribution in [0.5, 0.6) is 5.75 Å². The van der Waals surface area contributed by atoms with Crippen molar-refractivity contribution in [1.82, 2.24) is 4.98 Å². The fourth-order valence-corrected chi connectivity index (χ4v) is 1.19. The number of alkyl halides is 1. The van der Waals surface area contributed by atoms with Crippen molar-refractivity contribution in [2.45, 2.75) is 5.33 Å². The summed E-state index contributed by atoms with van der Waals surface area (Å²) in [7, 11) is 0. The maximum absolute atomic E-state index is 10.9. The second-order valence-corrected chi connectivity index (χ2v) is 2.77. The van der Waals surface area contributed by atoms with Crippen molar-refractivity contribution in [3.05, 3.63) is 36.7 Å². The van der Waals surface area contributed by atoms with E-state index in [0.29, 0.717) is 16.8 Å². The first-order valence-corrected chi connectivity index (χ1v) is 4.74. The summed E-state index contributed by atoms with van der Waals surface area (Å²) in [6.07, 6.45) is 2.76. The van der Waals surface area contributed by atoms with E-state index in [-0.39, 0.29) is 0 Å². The average Bonchev–Trinajstić information content (AvgIpc) is 2.18. The van der Waals surface area contributed by atoms with Gasteiger partial charge < -0.3 is 4.74 Å². The van der Waals surface area contributed by atoms with E-state index in [0.717, 1.165) is 6.08 Å². The predicted molar refractivity (Wildman–Crippen MR) is 52.7 cm³/mol. The highest BCUT2D eigenvalue weighted by molar-refractivity contribution is 9.08.